The third-order valence-corrected chi connectivity index (χ3v) is 4.07. The average molecular weight is 228 g/mol. The summed E-state index contributed by atoms with van der Waals surface area (Å²) >= 11 is 0. The molecule has 3 nitrogen and oxygen atoms in total. The first kappa shape index (κ1) is 13.9. The van der Waals surface area contributed by atoms with Gasteiger partial charge in [-0.25, -0.2) is 0 Å². The molecule has 1 saturated heterocycles. The van der Waals surface area contributed by atoms with Gasteiger partial charge in [0.15, 0.2) is 0 Å². The largest absolute Gasteiger partial charge is 0.392 e. The van der Waals surface area contributed by atoms with E-state index in [1.165, 1.54) is 19.4 Å². The summed E-state index contributed by atoms with van der Waals surface area (Å²) in [5.41, 5.74) is 0. The Morgan fingerprint density at radius 1 is 1.44 bits per heavy atom. The number of likely N-dealkylation sites (N-methyl/N-ethyl adjacent to an activating group) is 2. The minimum Gasteiger partial charge on any atom is -0.392 e. The fourth-order valence-corrected chi connectivity index (χ4v) is 2.65. The number of hydrogen-bond acceptors (Lipinski definition) is 3. The quantitative estimate of drug-likeness (QED) is 0.747. The average Bonchev–Trinajstić information content (AvgIpc) is 2.74. The number of hydrogen-bond donors (Lipinski definition) is 1. The summed E-state index contributed by atoms with van der Waals surface area (Å²) in [4.78, 5) is 4.87. The lowest BCUT2D eigenvalue weighted by atomic mass is 10.1. The van der Waals surface area contributed by atoms with E-state index in [1.807, 2.05) is 6.92 Å². The first-order valence-corrected chi connectivity index (χ1v) is 6.72. The van der Waals surface area contributed by atoms with Gasteiger partial charge in [0.25, 0.3) is 0 Å². The molecule has 0 aromatic carbocycles. The van der Waals surface area contributed by atoms with Crippen molar-refractivity contribution in [1.29, 1.82) is 0 Å². The highest BCUT2D eigenvalue weighted by Gasteiger charge is 2.26. The Labute approximate surface area is 100 Å². The van der Waals surface area contributed by atoms with Crippen molar-refractivity contribution in [3.05, 3.63) is 0 Å². The first-order valence-electron chi connectivity index (χ1n) is 6.72. The smallest absolute Gasteiger partial charge is 0.0690 e. The second kappa shape index (κ2) is 6.58. The fraction of sp³-hybridized carbons (Fsp3) is 1.00. The van der Waals surface area contributed by atoms with Crippen molar-refractivity contribution in [3.63, 3.8) is 0 Å². The second-order valence-corrected chi connectivity index (χ2v) is 5.08. The Morgan fingerprint density at radius 3 is 2.69 bits per heavy atom. The van der Waals surface area contributed by atoms with E-state index in [0.29, 0.717) is 6.04 Å². The van der Waals surface area contributed by atoms with E-state index in [9.17, 15) is 5.11 Å². The summed E-state index contributed by atoms with van der Waals surface area (Å²) in [6, 6.07) is 0.964. The molecular weight excluding hydrogens is 200 g/mol. The van der Waals surface area contributed by atoms with E-state index in [0.717, 1.165) is 19.5 Å². The standard InChI is InChI=1S/C13H28N2O/c1-5-13(16)11(3)14(4)10-12-8-7-9-15(12)6-2/h11-13,16H,5-10H2,1-4H3. The van der Waals surface area contributed by atoms with Crippen molar-refractivity contribution in [2.24, 2.45) is 0 Å². The zero-order chi connectivity index (χ0) is 12.1. The van der Waals surface area contributed by atoms with E-state index >= 15 is 0 Å². The molecule has 0 saturated carbocycles. The summed E-state index contributed by atoms with van der Waals surface area (Å²) < 4.78 is 0. The number of rotatable bonds is 6. The molecule has 0 radical (unpaired) electrons. The van der Waals surface area contributed by atoms with Crippen LogP contribution >= 0.6 is 0 Å². The molecule has 0 aromatic rings. The van der Waals surface area contributed by atoms with Crippen LogP contribution in [0.4, 0.5) is 0 Å². The monoisotopic (exact) mass is 228 g/mol. The normalized spacial score (nSPS) is 26.2. The molecule has 1 aliphatic rings. The van der Waals surface area contributed by atoms with Crippen molar-refractivity contribution in [2.75, 3.05) is 26.7 Å². The zero-order valence-corrected chi connectivity index (χ0v) is 11.3. The van der Waals surface area contributed by atoms with E-state index in [-0.39, 0.29) is 12.1 Å². The summed E-state index contributed by atoms with van der Waals surface area (Å²) in [6.45, 7) is 9.90. The lowest BCUT2D eigenvalue weighted by molar-refractivity contribution is 0.0571. The van der Waals surface area contributed by atoms with Gasteiger partial charge >= 0.3 is 0 Å². The molecule has 0 amide bonds. The maximum atomic E-state index is 9.84. The van der Waals surface area contributed by atoms with E-state index < -0.39 is 0 Å². The topological polar surface area (TPSA) is 26.7 Å². The van der Waals surface area contributed by atoms with Crippen LogP contribution in [-0.4, -0.2) is 59.8 Å². The van der Waals surface area contributed by atoms with Gasteiger partial charge in [0, 0.05) is 18.6 Å². The van der Waals surface area contributed by atoms with Crippen LogP contribution in [0, 0.1) is 0 Å². The van der Waals surface area contributed by atoms with Crippen molar-refractivity contribution >= 4 is 0 Å². The van der Waals surface area contributed by atoms with Gasteiger partial charge in [0.1, 0.15) is 0 Å². The summed E-state index contributed by atoms with van der Waals surface area (Å²) in [7, 11) is 2.13. The number of aliphatic hydroxyl groups is 1. The highest BCUT2D eigenvalue weighted by Crippen LogP contribution is 2.18. The predicted octanol–water partition coefficient (Wildman–Crippen LogP) is 1.56. The van der Waals surface area contributed by atoms with Crippen LogP contribution in [0.25, 0.3) is 0 Å². The predicted molar refractivity (Wildman–Crippen MR) is 68.7 cm³/mol. The molecule has 0 spiro atoms. The Balaban J connectivity index is 2.40. The third kappa shape index (κ3) is 3.44. The van der Waals surface area contributed by atoms with Crippen LogP contribution in [-0.2, 0) is 0 Å². The summed E-state index contributed by atoms with van der Waals surface area (Å²) in [5.74, 6) is 0. The van der Waals surface area contributed by atoms with Crippen LogP contribution < -0.4 is 0 Å². The third-order valence-electron chi connectivity index (χ3n) is 4.07. The molecular formula is C13H28N2O. The van der Waals surface area contributed by atoms with Crippen molar-refractivity contribution in [2.45, 2.75) is 58.2 Å². The zero-order valence-electron chi connectivity index (χ0n) is 11.3. The fourth-order valence-electron chi connectivity index (χ4n) is 2.65. The van der Waals surface area contributed by atoms with Crippen LogP contribution in [0.1, 0.15) is 40.0 Å². The molecule has 1 aliphatic heterocycles. The Bertz CT molecular complexity index is 198. The lowest BCUT2D eigenvalue weighted by Crippen LogP contribution is -2.45. The minimum absolute atomic E-state index is 0.193. The number of aliphatic hydroxyl groups excluding tert-OH is 1. The number of likely N-dealkylation sites (tertiary alicyclic amines) is 1. The van der Waals surface area contributed by atoms with E-state index in [1.54, 1.807) is 0 Å². The van der Waals surface area contributed by atoms with Gasteiger partial charge in [-0.2, -0.15) is 0 Å². The maximum absolute atomic E-state index is 9.84. The molecule has 0 aromatic heterocycles. The lowest BCUT2D eigenvalue weighted by Gasteiger charge is -2.33. The molecule has 16 heavy (non-hydrogen) atoms. The van der Waals surface area contributed by atoms with Gasteiger partial charge in [-0.1, -0.05) is 13.8 Å². The highest BCUT2D eigenvalue weighted by molar-refractivity contribution is 4.83. The molecule has 3 atom stereocenters. The molecule has 96 valence electrons. The van der Waals surface area contributed by atoms with E-state index in [2.05, 4.69) is 30.7 Å². The van der Waals surface area contributed by atoms with Gasteiger partial charge in [0.2, 0.25) is 0 Å². The molecule has 1 heterocycles. The van der Waals surface area contributed by atoms with Gasteiger partial charge in [-0.15, -0.1) is 0 Å². The minimum atomic E-state index is -0.193. The van der Waals surface area contributed by atoms with Gasteiger partial charge in [-0.3, -0.25) is 9.80 Å². The first-order chi connectivity index (χ1) is 7.60. The maximum Gasteiger partial charge on any atom is 0.0690 e. The summed E-state index contributed by atoms with van der Waals surface area (Å²) in [5, 5.41) is 9.84. The molecule has 0 aliphatic carbocycles. The molecule has 1 fully saturated rings. The van der Waals surface area contributed by atoms with Gasteiger partial charge < -0.3 is 5.11 Å². The van der Waals surface area contributed by atoms with Crippen LogP contribution in [0.15, 0.2) is 0 Å². The van der Waals surface area contributed by atoms with Crippen LogP contribution in [0.5, 0.6) is 0 Å². The van der Waals surface area contributed by atoms with Crippen molar-refractivity contribution < 1.29 is 5.11 Å². The Kier molecular flexibility index (Phi) is 5.73. The van der Waals surface area contributed by atoms with Gasteiger partial charge in [0.05, 0.1) is 6.10 Å². The van der Waals surface area contributed by atoms with Gasteiger partial charge in [-0.05, 0) is 46.3 Å². The SMILES string of the molecule is CCC(O)C(C)N(C)CC1CCCN1CC. The molecule has 1 rings (SSSR count). The molecule has 1 N–H and O–H groups in total. The van der Waals surface area contributed by atoms with E-state index in [4.69, 9.17) is 0 Å². The Hall–Kier alpha value is -0.120. The van der Waals surface area contributed by atoms with Crippen molar-refractivity contribution in [1.82, 2.24) is 9.80 Å². The second-order valence-electron chi connectivity index (χ2n) is 5.08. The molecule has 0 bridgehead atoms. The number of nitrogens with zero attached hydrogens (tertiary/aromatic N) is 2. The van der Waals surface area contributed by atoms with Crippen molar-refractivity contribution in [3.8, 4) is 0 Å². The Morgan fingerprint density at radius 2 is 2.12 bits per heavy atom. The van der Waals surface area contributed by atoms with Crippen LogP contribution in [0.2, 0.25) is 0 Å². The molecule has 3 heteroatoms. The van der Waals surface area contributed by atoms with Crippen LogP contribution in [0.3, 0.4) is 0 Å². The molecule has 3 unspecified atom stereocenters. The summed E-state index contributed by atoms with van der Waals surface area (Å²) in [6.07, 6.45) is 3.29. The highest BCUT2D eigenvalue weighted by atomic mass is 16.3.